The van der Waals surface area contributed by atoms with Crippen LogP contribution in [0.2, 0.25) is 0 Å². The molecule has 0 amide bonds. The summed E-state index contributed by atoms with van der Waals surface area (Å²) >= 11 is 0. The van der Waals surface area contributed by atoms with Gasteiger partial charge >= 0.3 is 12.1 Å². The molecule has 0 aliphatic rings. The van der Waals surface area contributed by atoms with Crippen molar-refractivity contribution < 1.29 is 22.7 Å². The van der Waals surface area contributed by atoms with Crippen molar-refractivity contribution in [2.75, 3.05) is 0 Å². The van der Waals surface area contributed by atoms with Crippen LogP contribution < -0.4 is 0 Å². The molecule has 2 unspecified atom stereocenters. The summed E-state index contributed by atoms with van der Waals surface area (Å²) in [5, 5.41) is 3.37. The number of rotatable bonds is 4. The molecule has 0 N–H and O–H groups in total. The topological polar surface area (TPSA) is 26.3 Å². The predicted molar refractivity (Wildman–Crippen MR) is 126 cm³/mol. The van der Waals surface area contributed by atoms with Crippen LogP contribution in [0.15, 0.2) is 78.2 Å². The van der Waals surface area contributed by atoms with Crippen LogP contribution in [0.5, 0.6) is 0 Å². The number of carbonyl (C=O) groups is 1. The molecule has 1 heterocycles. The van der Waals surface area contributed by atoms with Gasteiger partial charge in [-0.25, -0.2) is 4.79 Å². The van der Waals surface area contributed by atoms with E-state index in [1.165, 1.54) is 34.7 Å². The zero-order valence-electron chi connectivity index (χ0n) is 17.9. The van der Waals surface area contributed by atoms with E-state index in [0.29, 0.717) is 5.56 Å². The molecule has 4 rings (SSSR count). The summed E-state index contributed by atoms with van der Waals surface area (Å²) in [6, 6.07) is 19.6. The fourth-order valence-electron chi connectivity index (χ4n) is 3.64. The average Bonchev–Trinajstić information content (AvgIpc) is 3.15. The number of carbonyl (C=O) groups excluding carboxylic acids is 1. The van der Waals surface area contributed by atoms with E-state index < -0.39 is 23.3 Å². The van der Waals surface area contributed by atoms with E-state index in [9.17, 15) is 18.0 Å². The molecule has 33 heavy (non-hydrogen) atoms. The van der Waals surface area contributed by atoms with Crippen molar-refractivity contribution in [1.29, 1.82) is 0 Å². The van der Waals surface area contributed by atoms with Gasteiger partial charge in [0.2, 0.25) is 0 Å². The number of benzene rings is 3. The molecular weight excluding hydrogens is 445 g/mol. The molecule has 1 aromatic heterocycles. The van der Waals surface area contributed by atoms with Crippen LogP contribution in [-0.4, -0.2) is 5.97 Å². The fourth-order valence-corrected chi connectivity index (χ4v) is 5.80. The van der Waals surface area contributed by atoms with Crippen LogP contribution in [0.1, 0.15) is 34.0 Å². The third-order valence-corrected chi connectivity index (χ3v) is 7.68. The monoisotopic (exact) mass is 465 g/mol. The van der Waals surface area contributed by atoms with Gasteiger partial charge in [-0.15, -0.1) is 6.42 Å². The van der Waals surface area contributed by atoms with Gasteiger partial charge in [0.05, 0.1) is 11.1 Å². The standard InChI is InChI=1S/C27H20F3O2S/c1-4-26(3,20-12-14-21(15-13-20)27(28,29)30)32-25(31)19-8-7-9-22(16-19)33-17-18(2)23-10-5-6-11-24(23)33/h1,5-17H,2-3H3/q+1. The van der Waals surface area contributed by atoms with Gasteiger partial charge in [0.15, 0.2) is 15.2 Å². The van der Waals surface area contributed by atoms with Crippen LogP contribution in [-0.2, 0) is 16.5 Å². The van der Waals surface area contributed by atoms with Crippen LogP contribution >= 0.6 is 10.5 Å². The van der Waals surface area contributed by atoms with Crippen molar-refractivity contribution >= 4 is 26.5 Å². The number of terminal acetylenes is 1. The maximum absolute atomic E-state index is 13.0. The Bertz CT molecular complexity index is 1380. The Kier molecular flexibility index (Phi) is 5.77. The van der Waals surface area contributed by atoms with E-state index in [2.05, 4.69) is 30.4 Å². The number of aryl methyl sites for hydroxylation is 1. The van der Waals surface area contributed by atoms with Crippen LogP contribution in [0, 0.1) is 19.3 Å². The summed E-state index contributed by atoms with van der Waals surface area (Å²) < 4.78 is 45.5. The first-order chi connectivity index (χ1) is 15.6. The van der Waals surface area contributed by atoms with Crippen LogP contribution in [0.25, 0.3) is 15.0 Å². The first-order valence-electron chi connectivity index (χ1n) is 10.1. The molecule has 2 nitrogen and oxygen atoms in total. The number of ether oxygens (including phenoxy) is 1. The highest BCUT2D eigenvalue weighted by Crippen LogP contribution is 2.42. The summed E-state index contributed by atoms with van der Waals surface area (Å²) in [5.41, 5.74) is -0.526. The highest BCUT2D eigenvalue weighted by molar-refractivity contribution is 7.43. The van der Waals surface area contributed by atoms with Crippen LogP contribution in [0.3, 0.4) is 0 Å². The molecule has 166 valence electrons. The zero-order chi connectivity index (χ0) is 23.8. The molecular formula is C27H20F3O2S+. The van der Waals surface area contributed by atoms with Crippen molar-refractivity contribution in [3.63, 3.8) is 0 Å². The molecule has 0 aliphatic heterocycles. The van der Waals surface area contributed by atoms with Gasteiger partial charge in [0.25, 0.3) is 0 Å². The highest BCUT2D eigenvalue weighted by Gasteiger charge is 2.33. The summed E-state index contributed by atoms with van der Waals surface area (Å²) in [6.45, 7) is 3.55. The second-order valence-electron chi connectivity index (χ2n) is 7.80. The Morgan fingerprint density at radius 2 is 1.64 bits per heavy atom. The Morgan fingerprint density at radius 1 is 0.970 bits per heavy atom. The maximum Gasteiger partial charge on any atom is 0.416 e. The smallest absolute Gasteiger partial charge is 0.416 e. The molecule has 0 radical (unpaired) electrons. The number of hydrogen-bond acceptors (Lipinski definition) is 2. The summed E-state index contributed by atoms with van der Waals surface area (Å²) in [7, 11) is -0.311. The number of alkyl halides is 3. The maximum atomic E-state index is 13.0. The predicted octanol–water partition coefficient (Wildman–Crippen LogP) is 7.61. The molecule has 0 spiro atoms. The minimum Gasteiger partial charge on any atom is -0.438 e. The highest BCUT2D eigenvalue weighted by atomic mass is 32.2. The Morgan fingerprint density at radius 3 is 2.30 bits per heavy atom. The normalized spacial score (nSPS) is 13.9. The van der Waals surface area contributed by atoms with Crippen LogP contribution in [0.4, 0.5) is 13.2 Å². The summed E-state index contributed by atoms with van der Waals surface area (Å²) in [5.74, 6) is 1.77. The van der Waals surface area contributed by atoms with Crippen molar-refractivity contribution in [3.05, 3.63) is 100 Å². The van der Waals surface area contributed by atoms with Gasteiger partial charge in [-0.3, -0.25) is 0 Å². The third kappa shape index (κ3) is 4.37. The number of halogens is 3. The summed E-state index contributed by atoms with van der Waals surface area (Å²) in [4.78, 5) is 13.9. The third-order valence-electron chi connectivity index (χ3n) is 5.50. The molecule has 0 saturated carbocycles. The fraction of sp³-hybridized carbons (Fsp3) is 0.148. The van der Waals surface area contributed by atoms with E-state index in [1.807, 2.05) is 18.2 Å². The molecule has 0 aliphatic carbocycles. The number of esters is 1. The van der Waals surface area contributed by atoms with Crippen molar-refractivity contribution in [2.24, 2.45) is 0 Å². The van der Waals surface area contributed by atoms with Gasteiger partial charge in [-0.1, -0.05) is 36.3 Å². The lowest BCUT2D eigenvalue weighted by Gasteiger charge is -2.25. The van der Waals surface area contributed by atoms with E-state index in [0.717, 1.165) is 17.0 Å². The van der Waals surface area contributed by atoms with Gasteiger partial charge in [0.1, 0.15) is 5.38 Å². The number of hydrogen-bond donors (Lipinski definition) is 0. The summed E-state index contributed by atoms with van der Waals surface area (Å²) in [6.07, 6.45) is 1.17. The molecule has 4 aromatic rings. The Balaban J connectivity index is 1.64. The van der Waals surface area contributed by atoms with Crippen molar-refractivity contribution in [3.8, 4) is 17.2 Å². The van der Waals surface area contributed by atoms with Gasteiger partial charge in [-0.2, -0.15) is 13.2 Å². The van der Waals surface area contributed by atoms with Crippen molar-refractivity contribution in [1.82, 2.24) is 0 Å². The van der Waals surface area contributed by atoms with Gasteiger partial charge in [0, 0.05) is 33.0 Å². The number of thiophene rings is 1. The number of fused-ring (bicyclic) bond motifs is 1. The SMILES string of the molecule is C#CC(C)(OC(=O)c1cccc(-[s+]2cc(C)c3ccccc32)c1)c1ccc(C(F)(F)F)cc1. The molecule has 2 atom stereocenters. The van der Waals surface area contributed by atoms with Crippen molar-refractivity contribution in [2.45, 2.75) is 25.6 Å². The molecule has 0 bridgehead atoms. The Hall–Kier alpha value is -3.56. The zero-order valence-corrected chi connectivity index (χ0v) is 18.8. The lowest BCUT2D eigenvalue weighted by atomic mass is 9.95. The molecule has 3 aromatic carbocycles. The average molecular weight is 466 g/mol. The van der Waals surface area contributed by atoms with E-state index >= 15 is 0 Å². The lowest BCUT2D eigenvalue weighted by Crippen LogP contribution is -2.27. The second kappa shape index (κ2) is 8.42. The minimum absolute atomic E-state index is 0.285. The Labute approximate surface area is 192 Å². The largest absolute Gasteiger partial charge is 0.438 e. The quantitative estimate of drug-likeness (QED) is 0.176. The van der Waals surface area contributed by atoms with Gasteiger partial charge < -0.3 is 4.74 Å². The van der Waals surface area contributed by atoms with Gasteiger partial charge in [-0.05, 0) is 50.2 Å². The molecule has 6 heteroatoms. The first-order valence-corrected chi connectivity index (χ1v) is 11.4. The second-order valence-corrected chi connectivity index (χ2v) is 9.63. The molecule has 0 fully saturated rings. The first kappa shape index (κ1) is 22.6. The van der Waals surface area contributed by atoms with E-state index in [-0.39, 0.29) is 16.0 Å². The molecule has 0 saturated heterocycles. The van der Waals surface area contributed by atoms with E-state index in [1.54, 1.807) is 18.2 Å². The van der Waals surface area contributed by atoms with E-state index in [4.69, 9.17) is 11.2 Å². The lowest BCUT2D eigenvalue weighted by molar-refractivity contribution is -0.137. The minimum atomic E-state index is -4.46.